The maximum absolute atomic E-state index is 11.5. The molecule has 98 valence electrons. The predicted molar refractivity (Wildman–Crippen MR) is 64.0 cm³/mol. The molecule has 2 aromatic heterocycles. The zero-order valence-electron chi connectivity index (χ0n) is 9.70. The summed E-state index contributed by atoms with van der Waals surface area (Å²) in [6, 6.07) is 0. The second kappa shape index (κ2) is 5.15. The van der Waals surface area contributed by atoms with Crippen molar-refractivity contribution in [3.8, 4) is 0 Å². The number of nitrogen functional groups attached to an aromatic ring is 1. The number of aryl methyl sites for hydroxylation is 1. The van der Waals surface area contributed by atoms with Crippen molar-refractivity contribution in [2.75, 3.05) is 18.9 Å². The van der Waals surface area contributed by atoms with Crippen LogP contribution in [-0.4, -0.2) is 43.0 Å². The normalized spacial score (nSPS) is 11.5. The van der Waals surface area contributed by atoms with Crippen LogP contribution in [0.3, 0.4) is 0 Å². The first-order chi connectivity index (χ1) is 8.65. The predicted octanol–water partition coefficient (Wildman–Crippen LogP) is -1.47. The molecule has 0 aliphatic heterocycles. The van der Waals surface area contributed by atoms with E-state index in [1.165, 1.54) is 0 Å². The number of aromatic nitrogens is 4. The van der Waals surface area contributed by atoms with Crippen LogP contribution in [0.2, 0.25) is 0 Å². The van der Waals surface area contributed by atoms with Gasteiger partial charge in [0.1, 0.15) is 5.65 Å². The molecule has 0 atom stereocenters. The molecule has 8 nitrogen and oxygen atoms in total. The average Bonchev–Trinajstić information content (AvgIpc) is 2.74. The molecular formula is C10H15N5O3. The van der Waals surface area contributed by atoms with Crippen molar-refractivity contribution in [3.05, 3.63) is 22.2 Å². The van der Waals surface area contributed by atoms with Crippen molar-refractivity contribution in [2.24, 2.45) is 5.92 Å². The van der Waals surface area contributed by atoms with Gasteiger partial charge < -0.3 is 20.9 Å². The topological polar surface area (TPSA) is 130 Å². The van der Waals surface area contributed by atoms with Crippen molar-refractivity contribution in [3.63, 3.8) is 0 Å². The van der Waals surface area contributed by atoms with Crippen LogP contribution in [0.15, 0.2) is 11.0 Å². The minimum atomic E-state index is -0.534. The number of fused-ring (bicyclic) bond motifs is 1. The number of nitrogens with two attached hydrogens (primary N) is 1. The van der Waals surface area contributed by atoms with Crippen LogP contribution in [0.1, 0.15) is 12.0 Å². The Balaban J connectivity index is 2.27. The number of aromatic amines is 1. The molecule has 0 bridgehead atoms. The van der Waals surface area contributed by atoms with Crippen LogP contribution in [0.5, 0.6) is 0 Å². The number of nitrogens with one attached hydrogen (secondary N) is 1. The highest BCUT2D eigenvalue weighted by Gasteiger charge is 2.11. The van der Waals surface area contributed by atoms with Gasteiger partial charge in [-0.15, -0.1) is 0 Å². The van der Waals surface area contributed by atoms with E-state index in [9.17, 15) is 4.79 Å². The van der Waals surface area contributed by atoms with Crippen LogP contribution in [-0.2, 0) is 6.42 Å². The second-order valence-corrected chi connectivity index (χ2v) is 4.10. The van der Waals surface area contributed by atoms with Crippen molar-refractivity contribution < 1.29 is 10.2 Å². The molecule has 0 radical (unpaired) electrons. The number of rotatable bonds is 5. The number of hydrogen-bond donors (Lipinski definition) is 4. The lowest BCUT2D eigenvalue weighted by Crippen LogP contribution is -2.20. The van der Waals surface area contributed by atoms with Crippen molar-refractivity contribution in [2.45, 2.75) is 12.8 Å². The SMILES string of the molecule is Nc1nc(=O)n2ncc(CCC(CO)CO)c2[nH]1. The van der Waals surface area contributed by atoms with E-state index >= 15 is 0 Å². The van der Waals surface area contributed by atoms with E-state index in [1.54, 1.807) is 6.20 Å². The second-order valence-electron chi connectivity index (χ2n) is 4.10. The van der Waals surface area contributed by atoms with Crippen molar-refractivity contribution >= 4 is 11.6 Å². The molecule has 8 heteroatoms. The van der Waals surface area contributed by atoms with Gasteiger partial charge in [0.05, 0.1) is 6.20 Å². The number of nitrogens with zero attached hydrogens (tertiary/aromatic N) is 3. The third-order valence-corrected chi connectivity index (χ3v) is 2.83. The molecule has 0 unspecified atom stereocenters. The van der Waals surface area contributed by atoms with E-state index < -0.39 is 5.69 Å². The van der Waals surface area contributed by atoms with E-state index in [2.05, 4.69) is 15.1 Å². The quantitative estimate of drug-likeness (QED) is 0.515. The maximum Gasteiger partial charge on any atom is 0.373 e. The van der Waals surface area contributed by atoms with Crippen LogP contribution in [0, 0.1) is 5.92 Å². The molecule has 0 amide bonds. The highest BCUT2D eigenvalue weighted by atomic mass is 16.3. The first kappa shape index (κ1) is 12.5. The molecule has 2 rings (SSSR count). The Kier molecular flexibility index (Phi) is 3.58. The smallest absolute Gasteiger partial charge is 0.373 e. The Bertz CT molecular complexity index is 587. The van der Waals surface area contributed by atoms with Crippen LogP contribution >= 0.6 is 0 Å². The third-order valence-electron chi connectivity index (χ3n) is 2.83. The molecule has 2 heterocycles. The van der Waals surface area contributed by atoms with E-state index in [-0.39, 0.29) is 25.1 Å². The molecule has 0 saturated heterocycles. The van der Waals surface area contributed by atoms with Gasteiger partial charge in [-0.1, -0.05) is 0 Å². The molecule has 18 heavy (non-hydrogen) atoms. The summed E-state index contributed by atoms with van der Waals surface area (Å²) in [6.07, 6.45) is 2.73. The fourth-order valence-electron chi connectivity index (χ4n) is 1.74. The Hall–Kier alpha value is -1.93. The molecule has 0 aromatic carbocycles. The van der Waals surface area contributed by atoms with Crippen LogP contribution in [0.25, 0.3) is 5.65 Å². The van der Waals surface area contributed by atoms with Gasteiger partial charge in [0, 0.05) is 24.7 Å². The standard InChI is InChI=1S/C10H15N5O3/c11-9-13-8-7(2-1-6(4-16)5-17)3-12-15(8)10(18)14-9/h3,6,16-17H,1-2,4-5H2,(H3,11,13,14,18). The van der Waals surface area contributed by atoms with E-state index in [4.69, 9.17) is 15.9 Å². The van der Waals surface area contributed by atoms with Gasteiger partial charge in [0.15, 0.2) is 0 Å². The van der Waals surface area contributed by atoms with Gasteiger partial charge in [0.2, 0.25) is 5.95 Å². The fraction of sp³-hybridized carbons (Fsp3) is 0.500. The zero-order chi connectivity index (χ0) is 13.1. The van der Waals surface area contributed by atoms with Crippen LogP contribution < -0.4 is 11.4 Å². The largest absolute Gasteiger partial charge is 0.396 e. The van der Waals surface area contributed by atoms with Gasteiger partial charge in [-0.2, -0.15) is 14.6 Å². The van der Waals surface area contributed by atoms with Gasteiger partial charge in [-0.05, 0) is 12.8 Å². The number of hydrogen-bond acceptors (Lipinski definition) is 6. The Morgan fingerprint density at radius 1 is 1.44 bits per heavy atom. The van der Waals surface area contributed by atoms with E-state index in [0.29, 0.717) is 18.5 Å². The lowest BCUT2D eigenvalue weighted by Gasteiger charge is -2.09. The summed E-state index contributed by atoms with van der Waals surface area (Å²) in [5.74, 6) is -0.138. The summed E-state index contributed by atoms with van der Waals surface area (Å²) >= 11 is 0. The number of H-pyrrole nitrogens is 1. The van der Waals surface area contributed by atoms with E-state index in [1.807, 2.05) is 0 Å². The summed E-state index contributed by atoms with van der Waals surface area (Å²) in [5, 5.41) is 21.9. The molecule has 2 aromatic rings. The minimum Gasteiger partial charge on any atom is -0.396 e. The maximum atomic E-state index is 11.5. The molecule has 5 N–H and O–H groups in total. The Morgan fingerprint density at radius 2 is 2.17 bits per heavy atom. The van der Waals surface area contributed by atoms with Gasteiger partial charge >= 0.3 is 5.69 Å². The first-order valence-electron chi connectivity index (χ1n) is 5.59. The Morgan fingerprint density at radius 3 is 2.83 bits per heavy atom. The Labute approximate surface area is 102 Å². The molecule has 0 spiro atoms. The number of aliphatic hydroxyl groups excluding tert-OH is 2. The molecular weight excluding hydrogens is 238 g/mol. The first-order valence-corrected chi connectivity index (χ1v) is 5.59. The third kappa shape index (κ3) is 2.34. The highest BCUT2D eigenvalue weighted by Crippen LogP contribution is 2.12. The lowest BCUT2D eigenvalue weighted by molar-refractivity contribution is 0.144. The molecule has 0 aliphatic rings. The van der Waals surface area contributed by atoms with Gasteiger partial charge in [-0.25, -0.2) is 4.79 Å². The molecule has 0 saturated carbocycles. The summed E-state index contributed by atoms with van der Waals surface area (Å²) in [6.45, 7) is -0.147. The number of anilines is 1. The van der Waals surface area contributed by atoms with Gasteiger partial charge in [-0.3, -0.25) is 0 Å². The van der Waals surface area contributed by atoms with E-state index in [0.717, 1.165) is 10.1 Å². The highest BCUT2D eigenvalue weighted by molar-refractivity contribution is 5.47. The number of aliphatic hydroxyl groups is 2. The zero-order valence-corrected chi connectivity index (χ0v) is 9.70. The lowest BCUT2D eigenvalue weighted by atomic mass is 10.0. The molecule has 0 aliphatic carbocycles. The van der Waals surface area contributed by atoms with Crippen LogP contribution in [0.4, 0.5) is 5.95 Å². The summed E-state index contributed by atoms with van der Waals surface area (Å²) in [5.41, 5.74) is 6.24. The minimum absolute atomic E-state index is 0.0371. The van der Waals surface area contributed by atoms with Gasteiger partial charge in [0.25, 0.3) is 0 Å². The summed E-state index contributed by atoms with van der Waals surface area (Å²) in [7, 11) is 0. The van der Waals surface area contributed by atoms with Crippen molar-refractivity contribution in [1.82, 2.24) is 19.6 Å². The van der Waals surface area contributed by atoms with Crippen molar-refractivity contribution in [1.29, 1.82) is 0 Å². The average molecular weight is 253 g/mol. The fourth-order valence-corrected chi connectivity index (χ4v) is 1.74. The summed E-state index contributed by atoms with van der Waals surface area (Å²) in [4.78, 5) is 17.8. The molecule has 0 fully saturated rings. The summed E-state index contributed by atoms with van der Waals surface area (Å²) < 4.78 is 1.14. The monoisotopic (exact) mass is 253 g/mol.